The van der Waals surface area contributed by atoms with Crippen LogP contribution in [-0.4, -0.2) is 38.8 Å². The number of ether oxygens (including phenoxy) is 2. The first-order chi connectivity index (χ1) is 12.6. The molecule has 2 unspecified atom stereocenters. The summed E-state index contributed by atoms with van der Waals surface area (Å²) in [6.07, 6.45) is 6.18. The van der Waals surface area contributed by atoms with Gasteiger partial charge in [0.15, 0.2) is 11.5 Å². The highest BCUT2D eigenvalue weighted by Gasteiger charge is 2.17. The molecule has 2 atom stereocenters. The van der Waals surface area contributed by atoms with E-state index in [0.29, 0.717) is 23.6 Å². The lowest BCUT2D eigenvalue weighted by atomic mass is 10.0. The number of aryl methyl sites for hydroxylation is 1. The first-order valence-electron chi connectivity index (χ1n) is 9.59. The van der Waals surface area contributed by atoms with Gasteiger partial charge in [-0.15, -0.1) is 0 Å². The number of fused-ring (bicyclic) bond motifs is 1. The fourth-order valence-corrected chi connectivity index (χ4v) is 3.45. The van der Waals surface area contributed by atoms with Crippen LogP contribution in [0.15, 0.2) is 4.79 Å². The highest BCUT2D eigenvalue weighted by Crippen LogP contribution is 2.21. The second kappa shape index (κ2) is 8.53. The van der Waals surface area contributed by atoms with Crippen LogP contribution in [0.3, 0.4) is 0 Å². The number of nitrogen functional groups attached to an aromatic ring is 1. The van der Waals surface area contributed by atoms with Crippen molar-refractivity contribution in [2.45, 2.75) is 65.0 Å². The Morgan fingerprint density at radius 1 is 1.42 bits per heavy atom. The summed E-state index contributed by atoms with van der Waals surface area (Å²) in [4.78, 5) is 23.7. The van der Waals surface area contributed by atoms with Crippen molar-refractivity contribution in [3.63, 3.8) is 0 Å². The van der Waals surface area contributed by atoms with E-state index < -0.39 is 0 Å². The van der Waals surface area contributed by atoms with E-state index in [1.54, 1.807) is 4.57 Å². The fourth-order valence-electron chi connectivity index (χ4n) is 3.45. The lowest BCUT2D eigenvalue weighted by Gasteiger charge is -2.12. The van der Waals surface area contributed by atoms with Gasteiger partial charge in [0.2, 0.25) is 0 Å². The summed E-state index contributed by atoms with van der Waals surface area (Å²) in [5.74, 6) is 0.903. The minimum absolute atomic E-state index is 0.00425. The van der Waals surface area contributed by atoms with Gasteiger partial charge in [0.25, 0.3) is 0 Å². The Kier molecular flexibility index (Phi) is 6.13. The molecule has 2 aromatic heterocycles. The zero-order chi connectivity index (χ0) is 18.5. The van der Waals surface area contributed by atoms with Gasteiger partial charge in [0, 0.05) is 19.8 Å². The fraction of sp³-hybridized carbons (Fsp3) is 0.722. The van der Waals surface area contributed by atoms with Gasteiger partial charge in [-0.25, -0.2) is 4.79 Å². The highest BCUT2D eigenvalue weighted by molar-refractivity contribution is 5.81. The molecule has 0 saturated carbocycles. The molecule has 1 fully saturated rings. The molecular weight excluding hydrogens is 334 g/mol. The Hall–Kier alpha value is -2.09. The van der Waals surface area contributed by atoms with E-state index in [1.807, 2.05) is 6.92 Å². The largest absolute Gasteiger partial charge is 0.460 e. The maximum absolute atomic E-state index is 12.3. The molecule has 8 nitrogen and oxygen atoms in total. The molecular formula is C18H29N5O3. The summed E-state index contributed by atoms with van der Waals surface area (Å²) >= 11 is 0. The van der Waals surface area contributed by atoms with Gasteiger partial charge in [-0.2, -0.15) is 9.97 Å². The predicted octanol–water partition coefficient (Wildman–Crippen LogP) is 2.48. The van der Waals surface area contributed by atoms with Crippen molar-refractivity contribution in [1.82, 2.24) is 19.5 Å². The minimum Gasteiger partial charge on any atom is -0.460 e. The van der Waals surface area contributed by atoms with Crippen LogP contribution in [0, 0.1) is 5.92 Å². The summed E-state index contributed by atoms with van der Waals surface area (Å²) in [6.45, 7) is 6.42. The number of rotatable bonds is 9. The maximum Gasteiger partial charge on any atom is 0.327 e. The third kappa shape index (κ3) is 4.35. The zero-order valence-corrected chi connectivity index (χ0v) is 15.7. The Morgan fingerprint density at radius 3 is 3.00 bits per heavy atom. The number of hydrogen-bond acceptors (Lipinski definition) is 6. The molecule has 3 heterocycles. The van der Waals surface area contributed by atoms with Crippen molar-refractivity contribution in [3.8, 4) is 6.01 Å². The predicted molar refractivity (Wildman–Crippen MR) is 100 cm³/mol. The van der Waals surface area contributed by atoms with Gasteiger partial charge in [-0.1, -0.05) is 19.8 Å². The van der Waals surface area contributed by atoms with Crippen molar-refractivity contribution in [1.29, 1.82) is 0 Å². The van der Waals surface area contributed by atoms with Crippen molar-refractivity contribution in [3.05, 3.63) is 10.5 Å². The molecule has 0 aliphatic carbocycles. The summed E-state index contributed by atoms with van der Waals surface area (Å²) in [5.41, 5.74) is 6.79. The quantitative estimate of drug-likeness (QED) is 0.663. The van der Waals surface area contributed by atoms with Gasteiger partial charge in [0.1, 0.15) is 5.52 Å². The van der Waals surface area contributed by atoms with E-state index in [1.165, 1.54) is 0 Å². The Balaban J connectivity index is 1.70. The van der Waals surface area contributed by atoms with Crippen LogP contribution in [-0.2, 0) is 11.3 Å². The molecule has 3 rings (SSSR count). The van der Waals surface area contributed by atoms with E-state index in [-0.39, 0.29) is 23.6 Å². The zero-order valence-electron chi connectivity index (χ0n) is 15.7. The molecule has 0 amide bonds. The number of anilines is 1. The van der Waals surface area contributed by atoms with Crippen LogP contribution in [0.5, 0.6) is 6.01 Å². The number of hydrogen-bond donors (Lipinski definition) is 2. The highest BCUT2D eigenvalue weighted by atomic mass is 16.5. The first kappa shape index (κ1) is 18.7. The van der Waals surface area contributed by atoms with Crippen LogP contribution in [0.1, 0.15) is 52.4 Å². The van der Waals surface area contributed by atoms with E-state index in [0.717, 1.165) is 51.7 Å². The summed E-state index contributed by atoms with van der Waals surface area (Å²) in [7, 11) is 0. The monoisotopic (exact) mass is 363 g/mol. The van der Waals surface area contributed by atoms with Crippen LogP contribution in [0.4, 0.5) is 5.82 Å². The standard InChI is InChI=1S/C18H29N5O3/c1-3-6-12(2)26-17-21-15(19)14-16(22-17)23(18(24)20-14)9-5-4-7-13-8-10-25-11-13/h12-13H,3-11H2,1-2H3,(H,20,24)(H2,19,21,22). The summed E-state index contributed by atoms with van der Waals surface area (Å²) in [5, 5.41) is 0. The number of aromatic nitrogens is 4. The number of unbranched alkanes of at least 4 members (excludes halogenated alkanes) is 1. The second-order valence-corrected chi connectivity index (χ2v) is 7.11. The molecule has 8 heteroatoms. The molecule has 1 aliphatic rings. The number of aromatic amines is 1. The van der Waals surface area contributed by atoms with Crippen LogP contribution < -0.4 is 16.2 Å². The number of nitrogens with one attached hydrogen (secondary N) is 1. The third-order valence-corrected chi connectivity index (χ3v) is 4.90. The average molecular weight is 363 g/mol. The van der Waals surface area contributed by atoms with Gasteiger partial charge >= 0.3 is 11.7 Å². The molecule has 3 N–H and O–H groups in total. The van der Waals surface area contributed by atoms with Crippen LogP contribution >= 0.6 is 0 Å². The topological polar surface area (TPSA) is 108 Å². The molecule has 0 aromatic carbocycles. The van der Waals surface area contributed by atoms with Crippen LogP contribution in [0.25, 0.3) is 11.2 Å². The van der Waals surface area contributed by atoms with Gasteiger partial charge < -0.3 is 20.2 Å². The Bertz CT molecular complexity index is 779. The van der Waals surface area contributed by atoms with Crippen molar-refractivity contribution < 1.29 is 9.47 Å². The van der Waals surface area contributed by atoms with Gasteiger partial charge in [-0.3, -0.25) is 4.57 Å². The number of nitrogens with two attached hydrogens (primary N) is 1. The van der Waals surface area contributed by atoms with Crippen molar-refractivity contribution in [2.24, 2.45) is 5.92 Å². The molecule has 1 aliphatic heterocycles. The average Bonchev–Trinajstić information content (AvgIpc) is 3.20. The smallest absolute Gasteiger partial charge is 0.327 e. The van der Waals surface area contributed by atoms with E-state index in [2.05, 4.69) is 21.9 Å². The third-order valence-electron chi connectivity index (χ3n) is 4.90. The molecule has 0 spiro atoms. The van der Waals surface area contributed by atoms with Crippen molar-refractivity contribution in [2.75, 3.05) is 18.9 Å². The lowest BCUT2D eigenvalue weighted by molar-refractivity contribution is 0.183. The van der Waals surface area contributed by atoms with Gasteiger partial charge in [-0.05, 0) is 38.5 Å². The number of nitrogens with zero attached hydrogens (tertiary/aromatic N) is 3. The molecule has 0 bridgehead atoms. The SMILES string of the molecule is CCCC(C)Oc1nc(N)c2[nH]c(=O)n(CCCCC3CCOC3)c2n1. The van der Waals surface area contributed by atoms with Crippen LogP contribution in [0.2, 0.25) is 0 Å². The molecule has 2 aromatic rings. The van der Waals surface area contributed by atoms with E-state index >= 15 is 0 Å². The van der Waals surface area contributed by atoms with E-state index in [9.17, 15) is 4.79 Å². The van der Waals surface area contributed by atoms with Gasteiger partial charge in [0.05, 0.1) is 6.10 Å². The summed E-state index contributed by atoms with van der Waals surface area (Å²) < 4.78 is 12.8. The molecule has 1 saturated heterocycles. The maximum atomic E-state index is 12.3. The Morgan fingerprint density at radius 2 is 2.27 bits per heavy atom. The molecule has 144 valence electrons. The Labute approximate surface area is 153 Å². The molecule has 26 heavy (non-hydrogen) atoms. The molecule has 0 radical (unpaired) electrons. The number of H-pyrrole nitrogens is 1. The normalized spacial score (nSPS) is 18.5. The van der Waals surface area contributed by atoms with Crippen molar-refractivity contribution >= 4 is 17.0 Å². The van der Waals surface area contributed by atoms with E-state index in [4.69, 9.17) is 15.2 Å². The lowest BCUT2D eigenvalue weighted by Crippen LogP contribution is -2.18. The minimum atomic E-state index is -0.205. The number of imidazole rings is 1. The second-order valence-electron chi connectivity index (χ2n) is 7.11. The summed E-state index contributed by atoms with van der Waals surface area (Å²) in [6, 6.07) is 0.229. The first-order valence-corrected chi connectivity index (χ1v) is 9.59.